The SMILES string of the molecule is CC[C@@]1(O)C(=O)CCc2c1cc1n(c2=O)Cc2c-1nc1ccc(OCCCCCCC(=O)CO)cc1c2CCNC(C)C. The van der Waals surface area contributed by atoms with E-state index in [0.29, 0.717) is 48.9 Å². The van der Waals surface area contributed by atoms with E-state index in [1.165, 1.54) is 0 Å². The summed E-state index contributed by atoms with van der Waals surface area (Å²) in [6, 6.07) is 8.07. The lowest BCUT2D eigenvalue weighted by Gasteiger charge is -2.32. The molecule has 0 amide bonds. The first-order valence-electron chi connectivity index (χ1n) is 15.6. The summed E-state index contributed by atoms with van der Waals surface area (Å²) in [5.74, 6) is 0.413. The van der Waals surface area contributed by atoms with Crippen molar-refractivity contribution in [2.24, 2.45) is 0 Å². The number of ether oxygens (including phenoxy) is 1. The first-order chi connectivity index (χ1) is 20.7. The molecule has 1 aromatic carbocycles. The summed E-state index contributed by atoms with van der Waals surface area (Å²) in [6.07, 6.45) is 5.41. The highest BCUT2D eigenvalue weighted by Gasteiger charge is 2.43. The number of pyridine rings is 2. The third kappa shape index (κ3) is 6.16. The number of benzene rings is 1. The zero-order valence-electron chi connectivity index (χ0n) is 25.5. The van der Waals surface area contributed by atoms with Crippen molar-refractivity contribution >= 4 is 22.5 Å². The number of hydrogen-bond acceptors (Lipinski definition) is 8. The van der Waals surface area contributed by atoms with Gasteiger partial charge in [-0.15, -0.1) is 0 Å². The number of Topliss-reactive ketones (excluding diaryl/α,β-unsaturated/α-hetero) is 2. The number of aliphatic hydroxyl groups is 2. The van der Waals surface area contributed by atoms with Crippen LogP contribution in [0.25, 0.3) is 22.3 Å². The van der Waals surface area contributed by atoms with E-state index >= 15 is 0 Å². The fourth-order valence-corrected chi connectivity index (χ4v) is 6.43. The summed E-state index contributed by atoms with van der Waals surface area (Å²) in [5.41, 5.74) is 3.48. The van der Waals surface area contributed by atoms with Crippen LogP contribution in [0.4, 0.5) is 0 Å². The molecule has 3 aromatic rings. The Balaban J connectivity index is 1.46. The molecule has 0 fully saturated rings. The van der Waals surface area contributed by atoms with E-state index in [1.807, 2.05) is 24.3 Å². The third-order valence-corrected chi connectivity index (χ3v) is 8.88. The summed E-state index contributed by atoms with van der Waals surface area (Å²) in [7, 11) is 0. The smallest absolute Gasteiger partial charge is 0.254 e. The number of ketones is 2. The van der Waals surface area contributed by atoms with E-state index in [9.17, 15) is 19.5 Å². The van der Waals surface area contributed by atoms with Gasteiger partial charge in [-0.3, -0.25) is 14.4 Å². The van der Waals surface area contributed by atoms with Gasteiger partial charge in [0.2, 0.25) is 0 Å². The normalized spacial score (nSPS) is 17.3. The molecule has 1 aliphatic heterocycles. The van der Waals surface area contributed by atoms with E-state index in [0.717, 1.165) is 72.1 Å². The van der Waals surface area contributed by atoms with Gasteiger partial charge in [0.25, 0.3) is 5.56 Å². The summed E-state index contributed by atoms with van der Waals surface area (Å²) < 4.78 is 7.86. The number of rotatable bonds is 14. The molecule has 0 spiro atoms. The maximum atomic E-state index is 13.8. The number of nitrogens with one attached hydrogen (secondary N) is 1. The van der Waals surface area contributed by atoms with Gasteiger partial charge in [-0.2, -0.15) is 0 Å². The Labute approximate surface area is 252 Å². The largest absolute Gasteiger partial charge is 0.494 e. The molecule has 0 saturated heterocycles. The number of aromatic nitrogens is 2. The lowest BCUT2D eigenvalue weighted by Crippen LogP contribution is -2.43. The van der Waals surface area contributed by atoms with Crippen molar-refractivity contribution < 1.29 is 24.5 Å². The van der Waals surface area contributed by atoms with Crippen molar-refractivity contribution in [2.75, 3.05) is 19.8 Å². The quantitative estimate of drug-likeness (QED) is 0.188. The number of nitrogens with zero attached hydrogens (tertiary/aromatic N) is 2. The van der Waals surface area contributed by atoms with Crippen molar-refractivity contribution in [3.8, 4) is 17.1 Å². The first kappa shape index (κ1) is 31.0. The van der Waals surface area contributed by atoms with Crippen molar-refractivity contribution in [1.82, 2.24) is 14.9 Å². The van der Waals surface area contributed by atoms with Gasteiger partial charge >= 0.3 is 0 Å². The van der Waals surface area contributed by atoms with Gasteiger partial charge in [0.1, 0.15) is 18.0 Å². The van der Waals surface area contributed by atoms with Crippen molar-refractivity contribution in [2.45, 2.75) is 96.7 Å². The Morgan fingerprint density at radius 1 is 1.12 bits per heavy atom. The van der Waals surface area contributed by atoms with Gasteiger partial charge in [0, 0.05) is 41.0 Å². The molecule has 9 heteroatoms. The van der Waals surface area contributed by atoms with Crippen LogP contribution >= 0.6 is 0 Å². The van der Waals surface area contributed by atoms with E-state index in [1.54, 1.807) is 11.5 Å². The molecular weight excluding hydrogens is 546 g/mol. The van der Waals surface area contributed by atoms with Crippen LogP contribution in [0.2, 0.25) is 0 Å². The molecule has 0 unspecified atom stereocenters. The molecule has 3 heterocycles. The maximum absolute atomic E-state index is 13.8. The van der Waals surface area contributed by atoms with Crippen molar-refractivity contribution in [3.05, 3.63) is 56.9 Å². The molecule has 0 radical (unpaired) electrons. The van der Waals surface area contributed by atoms with Gasteiger partial charge in [-0.1, -0.05) is 33.6 Å². The van der Waals surface area contributed by atoms with Gasteiger partial charge < -0.3 is 24.8 Å². The topological polar surface area (TPSA) is 131 Å². The summed E-state index contributed by atoms with van der Waals surface area (Å²) in [4.78, 5) is 42.8. The van der Waals surface area contributed by atoms with E-state index in [4.69, 9.17) is 14.8 Å². The monoisotopic (exact) mass is 589 g/mol. The molecule has 2 aliphatic rings. The van der Waals surface area contributed by atoms with Crippen molar-refractivity contribution in [1.29, 1.82) is 0 Å². The average molecular weight is 590 g/mol. The van der Waals surface area contributed by atoms with Crippen LogP contribution in [0.1, 0.15) is 88.0 Å². The van der Waals surface area contributed by atoms with Crippen LogP contribution in [0.15, 0.2) is 29.1 Å². The zero-order chi connectivity index (χ0) is 30.7. The Hall–Kier alpha value is -3.40. The highest BCUT2D eigenvalue weighted by Crippen LogP contribution is 2.41. The van der Waals surface area contributed by atoms with Gasteiger partial charge in [-0.05, 0) is 68.5 Å². The first-order valence-corrected chi connectivity index (χ1v) is 15.6. The minimum Gasteiger partial charge on any atom is -0.494 e. The highest BCUT2D eigenvalue weighted by molar-refractivity contribution is 5.92. The fourth-order valence-electron chi connectivity index (χ4n) is 6.43. The number of carbonyl (C=O) groups is 2. The Morgan fingerprint density at radius 2 is 1.91 bits per heavy atom. The van der Waals surface area contributed by atoms with Crippen LogP contribution in [0, 0.1) is 0 Å². The molecular formula is C34H43N3O6. The van der Waals surface area contributed by atoms with Crippen LogP contribution in [0.3, 0.4) is 0 Å². The minimum atomic E-state index is -1.64. The molecule has 0 saturated carbocycles. The lowest BCUT2D eigenvalue weighted by atomic mass is 9.77. The second kappa shape index (κ2) is 13.1. The summed E-state index contributed by atoms with van der Waals surface area (Å²) in [6.45, 7) is 7.35. The van der Waals surface area contributed by atoms with Gasteiger partial charge in [0.15, 0.2) is 11.6 Å². The average Bonchev–Trinajstić information content (AvgIpc) is 3.36. The van der Waals surface area contributed by atoms with Gasteiger partial charge in [0.05, 0.1) is 30.1 Å². The zero-order valence-corrected chi connectivity index (χ0v) is 25.5. The Morgan fingerprint density at radius 3 is 2.65 bits per heavy atom. The molecule has 43 heavy (non-hydrogen) atoms. The Bertz CT molecular complexity index is 1590. The van der Waals surface area contributed by atoms with E-state index in [2.05, 4.69) is 19.2 Å². The van der Waals surface area contributed by atoms with Crippen LogP contribution in [-0.2, 0) is 34.6 Å². The predicted octanol–water partition coefficient (Wildman–Crippen LogP) is 3.97. The van der Waals surface area contributed by atoms with E-state index < -0.39 is 5.60 Å². The van der Waals surface area contributed by atoms with Crippen LogP contribution in [-0.4, -0.2) is 57.1 Å². The second-order valence-corrected chi connectivity index (χ2v) is 12.1. The molecule has 230 valence electrons. The van der Waals surface area contributed by atoms with Crippen LogP contribution in [0.5, 0.6) is 5.75 Å². The molecule has 1 aliphatic carbocycles. The van der Waals surface area contributed by atoms with Gasteiger partial charge in [-0.25, -0.2) is 4.98 Å². The van der Waals surface area contributed by atoms with E-state index in [-0.39, 0.29) is 36.6 Å². The fraction of sp³-hybridized carbons (Fsp3) is 0.529. The summed E-state index contributed by atoms with van der Waals surface area (Å²) >= 11 is 0. The maximum Gasteiger partial charge on any atom is 0.254 e. The number of hydrogen-bond donors (Lipinski definition) is 3. The molecule has 0 bridgehead atoms. The molecule has 3 N–H and O–H groups in total. The number of aliphatic hydroxyl groups excluding tert-OH is 1. The predicted molar refractivity (Wildman–Crippen MR) is 166 cm³/mol. The molecule has 9 nitrogen and oxygen atoms in total. The minimum absolute atomic E-state index is 0.114. The van der Waals surface area contributed by atoms with Crippen LogP contribution < -0.4 is 15.6 Å². The number of fused-ring (bicyclic) bond motifs is 5. The highest BCUT2D eigenvalue weighted by atomic mass is 16.5. The molecule has 5 rings (SSSR count). The number of unbranched alkanes of at least 4 members (excludes halogenated alkanes) is 3. The van der Waals surface area contributed by atoms with Crippen molar-refractivity contribution in [3.63, 3.8) is 0 Å². The molecule has 1 atom stereocenters. The number of carbonyl (C=O) groups excluding carboxylic acids is 2. The molecule has 2 aromatic heterocycles. The lowest BCUT2D eigenvalue weighted by molar-refractivity contribution is -0.140. The second-order valence-electron chi connectivity index (χ2n) is 12.1. The standard InChI is InChI=1S/C34H43N3O6/c1-4-34(42)28-18-30-32-27(19-37(30)33(41)25(28)11-13-31(34)40)24(14-15-35-21(2)3)26-17-23(10-12-29(26)36-32)43-16-8-6-5-7-9-22(39)20-38/h10,12,17-18,21,35,38,42H,4-9,11,13-16,19-20H2,1-3H3/t34-/m0/s1. The third-order valence-electron chi connectivity index (χ3n) is 8.88. The summed E-state index contributed by atoms with van der Waals surface area (Å²) in [5, 5.41) is 24.7. The Kier molecular flexibility index (Phi) is 9.44.